The van der Waals surface area contributed by atoms with Crippen LogP contribution < -0.4 is 9.30 Å². The first-order valence-corrected chi connectivity index (χ1v) is 6.28. The molecular weight excluding hydrogens is 301 g/mol. The van der Waals surface area contributed by atoms with E-state index in [0.29, 0.717) is 12.1 Å². The summed E-state index contributed by atoms with van der Waals surface area (Å²) in [4.78, 5) is 12.0. The van der Waals surface area contributed by atoms with Crippen molar-refractivity contribution in [1.29, 1.82) is 0 Å². The van der Waals surface area contributed by atoms with Crippen molar-refractivity contribution < 1.29 is 31.4 Å². The minimum absolute atomic E-state index is 0.0869. The van der Waals surface area contributed by atoms with Crippen LogP contribution in [0.15, 0.2) is 54.9 Å². The Morgan fingerprint density at radius 2 is 1.55 bits per heavy atom. The molecule has 1 aromatic heterocycles. The van der Waals surface area contributed by atoms with Crippen molar-refractivity contribution in [3.63, 3.8) is 0 Å². The number of carbonyl (C=O) groups is 1. The molecule has 0 radical (unpaired) electrons. The topological polar surface area (TPSA) is 30.2 Å². The van der Waals surface area contributed by atoms with Gasteiger partial charge in [0.05, 0.1) is 7.11 Å². The molecule has 0 aliphatic carbocycles. The van der Waals surface area contributed by atoms with Crippen molar-refractivity contribution in [2.45, 2.75) is 6.54 Å². The normalized spacial score (nSPS) is 10.4. The molecule has 2 rings (SSSR count). The Hall–Kier alpha value is -2.38. The summed E-state index contributed by atoms with van der Waals surface area (Å²) < 4.78 is 45.9. The first-order chi connectivity index (χ1) is 10.3. The van der Waals surface area contributed by atoms with E-state index in [0.717, 1.165) is 5.75 Å². The van der Waals surface area contributed by atoms with E-state index in [1.807, 2.05) is 35.2 Å². The highest BCUT2D eigenvalue weighted by atomic mass is 19.5. The SMILES string of the molecule is COc1ccc(C(=O)C[n+]2ccccc2)cc1.F[B-](F)(F)F. The van der Waals surface area contributed by atoms with Crippen molar-refractivity contribution in [3.05, 3.63) is 60.4 Å². The van der Waals surface area contributed by atoms with Crippen LogP contribution in [0.2, 0.25) is 0 Å². The van der Waals surface area contributed by atoms with Crippen LogP contribution in [0.3, 0.4) is 0 Å². The molecule has 0 aliphatic rings. The number of aromatic nitrogens is 1. The van der Waals surface area contributed by atoms with Crippen LogP contribution in [0, 0.1) is 0 Å². The van der Waals surface area contributed by atoms with Crippen LogP contribution in [-0.4, -0.2) is 20.1 Å². The average Bonchev–Trinajstić information content (AvgIpc) is 2.46. The lowest BCUT2D eigenvalue weighted by Crippen LogP contribution is -2.36. The van der Waals surface area contributed by atoms with Gasteiger partial charge in [0.15, 0.2) is 12.4 Å². The Kier molecular flexibility index (Phi) is 6.56. The molecule has 2 aromatic rings. The molecule has 0 spiro atoms. The van der Waals surface area contributed by atoms with Crippen molar-refractivity contribution >= 4 is 13.0 Å². The lowest BCUT2D eigenvalue weighted by atomic mass is 10.1. The number of Topliss-reactive ketones (excluding diaryl/α,β-unsaturated/α-hetero) is 1. The molecular formula is C14H14BF4NO2. The van der Waals surface area contributed by atoms with Gasteiger partial charge in [-0.25, -0.2) is 0 Å². The lowest BCUT2D eigenvalue weighted by Gasteiger charge is -2.01. The van der Waals surface area contributed by atoms with E-state index in [2.05, 4.69) is 0 Å². The number of ether oxygens (including phenoxy) is 1. The molecule has 0 unspecified atom stereocenters. The van der Waals surface area contributed by atoms with E-state index >= 15 is 0 Å². The van der Waals surface area contributed by atoms with Crippen LogP contribution in [-0.2, 0) is 6.54 Å². The molecule has 0 amide bonds. The minimum atomic E-state index is -6.00. The summed E-state index contributed by atoms with van der Waals surface area (Å²) in [5.41, 5.74) is 0.696. The molecule has 8 heteroatoms. The van der Waals surface area contributed by atoms with Gasteiger partial charge in [0.1, 0.15) is 5.75 Å². The summed E-state index contributed by atoms with van der Waals surface area (Å²) in [5, 5.41) is 0. The molecule has 22 heavy (non-hydrogen) atoms. The Morgan fingerprint density at radius 3 is 2.00 bits per heavy atom. The fraction of sp³-hybridized carbons (Fsp3) is 0.143. The molecule has 1 heterocycles. The van der Waals surface area contributed by atoms with Gasteiger partial charge in [-0.15, -0.1) is 0 Å². The zero-order valence-corrected chi connectivity index (χ0v) is 11.8. The van der Waals surface area contributed by atoms with Crippen molar-refractivity contribution in [2.75, 3.05) is 7.11 Å². The molecule has 0 atom stereocenters. The van der Waals surface area contributed by atoms with Gasteiger partial charge in [0.25, 0.3) is 0 Å². The largest absolute Gasteiger partial charge is 0.673 e. The fourth-order valence-electron chi connectivity index (χ4n) is 1.57. The fourth-order valence-corrected chi connectivity index (χ4v) is 1.57. The van der Waals surface area contributed by atoms with Crippen LogP contribution >= 0.6 is 0 Å². The van der Waals surface area contributed by atoms with Gasteiger partial charge >= 0.3 is 7.25 Å². The lowest BCUT2D eigenvalue weighted by molar-refractivity contribution is -0.683. The third-order valence-electron chi connectivity index (χ3n) is 2.52. The number of hydrogen-bond donors (Lipinski definition) is 0. The maximum absolute atomic E-state index is 12.0. The third kappa shape index (κ3) is 7.42. The van der Waals surface area contributed by atoms with Gasteiger partial charge in [-0.1, -0.05) is 6.07 Å². The third-order valence-corrected chi connectivity index (χ3v) is 2.52. The van der Waals surface area contributed by atoms with Gasteiger partial charge in [-0.05, 0) is 24.3 Å². The molecule has 0 saturated heterocycles. The maximum Gasteiger partial charge on any atom is 0.673 e. The number of ketones is 1. The highest BCUT2D eigenvalue weighted by Crippen LogP contribution is 2.11. The molecule has 118 valence electrons. The van der Waals surface area contributed by atoms with E-state index in [4.69, 9.17) is 4.74 Å². The zero-order valence-electron chi connectivity index (χ0n) is 11.8. The number of hydrogen-bond acceptors (Lipinski definition) is 2. The first kappa shape index (κ1) is 17.7. The van der Waals surface area contributed by atoms with Gasteiger partial charge in [-0.3, -0.25) is 4.79 Å². The number of pyridine rings is 1. The Bertz CT molecular complexity index is 582. The second kappa shape index (κ2) is 8.16. The molecule has 0 N–H and O–H groups in total. The number of rotatable bonds is 4. The minimum Gasteiger partial charge on any atom is -0.497 e. The number of nitrogens with zero attached hydrogens (tertiary/aromatic N) is 1. The van der Waals surface area contributed by atoms with E-state index < -0.39 is 7.25 Å². The summed E-state index contributed by atoms with van der Waals surface area (Å²) in [7, 11) is -4.39. The van der Waals surface area contributed by atoms with Crippen molar-refractivity contribution in [2.24, 2.45) is 0 Å². The van der Waals surface area contributed by atoms with Gasteiger partial charge < -0.3 is 22.0 Å². The van der Waals surface area contributed by atoms with E-state index in [1.54, 1.807) is 31.4 Å². The predicted octanol–water partition coefficient (Wildman–Crippen LogP) is 3.17. The maximum atomic E-state index is 12.0. The Labute approximate surface area is 125 Å². The van der Waals surface area contributed by atoms with Crippen LogP contribution in [0.1, 0.15) is 10.4 Å². The highest BCUT2D eigenvalue weighted by molar-refractivity contribution is 6.50. The van der Waals surface area contributed by atoms with Crippen LogP contribution in [0.5, 0.6) is 5.75 Å². The van der Waals surface area contributed by atoms with Gasteiger partial charge in [0, 0.05) is 17.7 Å². The monoisotopic (exact) mass is 315 g/mol. The number of benzene rings is 1. The Morgan fingerprint density at radius 1 is 1.05 bits per heavy atom. The second-order valence-electron chi connectivity index (χ2n) is 4.19. The quantitative estimate of drug-likeness (QED) is 0.375. The standard InChI is InChI=1S/C14H14NO2.BF4/c1-17-13-7-5-12(6-8-13)14(16)11-15-9-3-2-4-10-15;2-1(3,4)5/h2-10H,11H2,1H3;/q+1;-1. The number of carbonyl (C=O) groups excluding carboxylic acids is 1. The summed E-state index contributed by atoms with van der Waals surface area (Å²) in [5.74, 6) is 0.845. The molecule has 0 bridgehead atoms. The summed E-state index contributed by atoms with van der Waals surface area (Å²) in [6.07, 6.45) is 3.75. The van der Waals surface area contributed by atoms with E-state index in [9.17, 15) is 22.1 Å². The predicted molar refractivity (Wildman–Crippen MR) is 74.1 cm³/mol. The molecule has 0 fully saturated rings. The summed E-state index contributed by atoms with van der Waals surface area (Å²) in [6, 6.07) is 12.9. The van der Waals surface area contributed by atoms with Gasteiger partial charge in [0.2, 0.25) is 12.3 Å². The smallest absolute Gasteiger partial charge is 0.497 e. The van der Waals surface area contributed by atoms with Crippen molar-refractivity contribution in [1.82, 2.24) is 0 Å². The molecule has 3 nitrogen and oxygen atoms in total. The zero-order chi connectivity index (χ0) is 16.6. The summed E-state index contributed by atoms with van der Waals surface area (Å²) in [6.45, 7) is 0.354. The Balaban J connectivity index is 0.000000422. The number of methoxy groups -OCH3 is 1. The van der Waals surface area contributed by atoms with Crippen molar-refractivity contribution in [3.8, 4) is 5.75 Å². The van der Waals surface area contributed by atoms with Gasteiger partial charge in [-0.2, -0.15) is 4.57 Å². The molecule has 1 aromatic carbocycles. The van der Waals surface area contributed by atoms with E-state index in [1.165, 1.54) is 0 Å². The second-order valence-corrected chi connectivity index (χ2v) is 4.19. The molecule has 0 aliphatic heterocycles. The summed E-state index contributed by atoms with van der Waals surface area (Å²) >= 11 is 0. The molecule has 0 saturated carbocycles. The average molecular weight is 315 g/mol. The number of halogens is 4. The van der Waals surface area contributed by atoms with Crippen LogP contribution in [0.4, 0.5) is 17.3 Å². The first-order valence-electron chi connectivity index (χ1n) is 6.28. The van der Waals surface area contributed by atoms with Crippen LogP contribution in [0.25, 0.3) is 0 Å². The van der Waals surface area contributed by atoms with E-state index in [-0.39, 0.29) is 5.78 Å². The highest BCUT2D eigenvalue weighted by Gasteiger charge is 2.20.